The predicted octanol–water partition coefficient (Wildman–Crippen LogP) is 3.13. The zero-order valence-electron chi connectivity index (χ0n) is 12.3. The first-order valence-electron chi connectivity index (χ1n) is 7.99. The first-order chi connectivity index (χ1) is 9.88. The predicted molar refractivity (Wildman–Crippen MR) is 74.5 cm³/mol. The maximum absolute atomic E-state index is 13.2. The van der Waals surface area contributed by atoms with Crippen LogP contribution in [0.3, 0.4) is 0 Å². The van der Waals surface area contributed by atoms with Crippen molar-refractivity contribution in [1.82, 2.24) is 5.32 Å². The molecule has 0 bridgehead atoms. The SMILES string of the molecule is N[C@@H]1CCC[C@H]1CC(=O)NC(C1CCCCC1)C(F)(F)F. The summed E-state index contributed by atoms with van der Waals surface area (Å²) in [6.07, 6.45) is 2.16. The van der Waals surface area contributed by atoms with Gasteiger partial charge in [0, 0.05) is 12.5 Å². The van der Waals surface area contributed by atoms with Crippen LogP contribution < -0.4 is 11.1 Å². The minimum Gasteiger partial charge on any atom is -0.344 e. The number of carbonyl (C=O) groups is 1. The van der Waals surface area contributed by atoms with Gasteiger partial charge in [-0.1, -0.05) is 25.7 Å². The van der Waals surface area contributed by atoms with E-state index >= 15 is 0 Å². The lowest BCUT2D eigenvalue weighted by Crippen LogP contribution is -2.51. The average molecular weight is 306 g/mol. The number of nitrogens with one attached hydrogen (secondary N) is 1. The van der Waals surface area contributed by atoms with Gasteiger partial charge in [-0.3, -0.25) is 4.79 Å². The van der Waals surface area contributed by atoms with Crippen LogP contribution in [-0.2, 0) is 4.79 Å². The van der Waals surface area contributed by atoms with E-state index in [9.17, 15) is 18.0 Å². The fourth-order valence-corrected chi connectivity index (χ4v) is 3.72. The second-order valence-corrected chi connectivity index (χ2v) is 6.54. The highest BCUT2D eigenvalue weighted by Gasteiger charge is 2.45. The quantitative estimate of drug-likeness (QED) is 0.838. The van der Waals surface area contributed by atoms with Crippen molar-refractivity contribution in [3.63, 3.8) is 0 Å². The summed E-state index contributed by atoms with van der Waals surface area (Å²) < 4.78 is 39.6. The minimum absolute atomic E-state index is 0.0326. The Morgan fingerprint density at radius 1 is 1.10 bits per heavy atom. The lowest BCUT2D eigenvalue weighted by Gasteiger charge is -2.32. The minimum atomic E-state index is -4.37. The topological polar surface area (TPSA) is 55.1 Å². The van der Waals surface area contributed by atoms with Gasteiger partial charge in [-0.25, -0.2) is 0 Å². The van der Waals surface area contributed by atoms with Crippen LogP contribution in [0.25, 0.3) is 0 Å². The Hall–Kier alpha value is -0.780. The largest absolute Gasteiger partial charge is 0.408 e. The van der Waals surface area contributed by atoms with Gasteiger partial charge in [0.1, 0.15) is 6.04 Å². The first kappa shape index (κ1) is 16.6. The van der Waals surface area contributed by atoms with Crippen molar-refractivity contribution in [2.45, 2.75) is 76.0 Å². The summed E-state index contributed by atoms with van der Waals surface area (Å²) in [4.78, 5) is 12.0. The van der Waals surface area contributed by atoms with E-state index in [0.29, 0.717) is 12.8 Å². The molecule has 1 amide bonds. The van der Waals surface area contributed by atoms with Crippen molar-refractivity contribution in [3.05, 3.63) is 0 Å². The molecule has 122 valence electrons. The molecule has 0 radical (unpaired) electrons. The molecule has 2 fully saturated rings. The summed E-state index contributed by atoms with van der Waals surface area (Å²) in [7, 11) is 0. The molecule has 0 aliphatic heterocycles. The Morgan fingerprint density at radius 3 is 2.29 bits per heavy atom. The van der Waals surface area contributed by atoms with Crippen LogP contribution >= 0.6 is 0 Å². The molecule has 0 aromatic carbocycles. The van der Waals surface area contributed by atoms with Gasteiger partial charge in [-0.15, -0.1) is 0 Å². The van der Waals surface area contributed by atoms with Crippen molar-refractivity contribution in [2.75, 3.05) is 0 Å². The van der Waals surface area contributed by atoms with Crippen molar-refractivity contribution in [2.24, 2.45) is 17.6 Å². The van der Waals surface area contributed by atoms with Gasteiger partial charge in [0.05, 0.1) is 0 Å². The van der Waals surface area contributed by atoms with Gasteiger partial charge in [0.25, 0.3) is 0 Å². The molecule has 3 nitrogen and oxygen atoms in total. The van der Waals surface area contributed by atoms with Crippen LogP contribution in [0.15, 0.2) is 0 Å². The lowest BCUT2D eigenvalue weighted by atomic mass is 9.83. The molecule has 2 rings (SSSR count). The van der Waals surface area contributed by atoms with Crippen LogP contribution in [0.2, 0.25) is 0 Å². The maximum atomic E-state index is 13.2. The number of hydrogen-bond donors (Lipinski definition) is 2. The van der Waals surface area contributed by atoms with E-state index in [2.05, 4.69) is 5.32 Å². The van der Waals surface area contributed by atoms with Gasteiger partial charge in [-0.05, 0) is 37.5 Å². The normalized spacial score (nSPS) is 29.3. The van der Waals surface area contributed by atoms with Crippen LogP contribution in [-0.4, -0.2) is 24.2 Å². The molecule has 0 saturated heterocycles. The standard InChI is InChI=1S/C15H25F3N2O/c16-15(17,18)14(10-5-2-1-3-6-10)20-13(21)9-11-7-4-8-12(11)19/h10-12,14H,1-9,19H2,(H,20,21)/t11-,12+,14?/m0/s1. The molecule has 3 N–H and O–H groups in total. The second kappa shape index (κ2) is 6.99. The smallest absolute Gasteiger partial charge is 0.344 e. The number of nitrogens with two attached hydrogens (primary N) is 1. The summed E-state index contributed by atoms with van der Waals surface area (Å²) in [5.74, 6) is -0.935. The molecule has 2 aliphatic rings. The number of carbonyl (C=O) groups excluding carboxylic acids is 1. The molecule has 2 saturated carbocycles. The lowest BCUT2D eigenvalue weighted by molar-refractivity contribution is -0.174. The van der Waals surface area contributed by atoms with E-state index in [1.807, 2.05) is 0 Å². The summed E-state index contributed by atoms with van der Waals surface area (Å²) in [6, 6.07) is -1.74. The zero-order valence-corrected chi connectivity index (χ0v) is 12.3. The summed E-state index contributed by atoms with van der Waals surface area (Å²) in [5, 5.41) is 2.25. The second-order valence-electron chi connectivity index (χ2n) is 6.54. The molecule has 2 aliphatic carbocycles. The van der Waals surface area contributed by atoms with E-state index in [0.717, 1.165) is 38.5 Å². The average Bonchev–Trinajstić information content (AvgIpc) is 2.81. The third-order valence-electron chi connectivity index (χ3n) is 4.96. The molecular weight excluding hydrogens is 281 g/mol. The van der Waals surface area contributed by atoms with E-state index in [4.69, 9.17) is 5.73 Å². The Kier molecular flexibility index (Phi) is 5.52. The molecular formula is C15H25F3N2O. The van der Waals surface area contributed by atoms with Crippen molar-refractivity contribution in [3.8, 4) is 0 Å². The molecule has 3 atom stereocenters. The number of halogens is 3. The molecule has 0 heterocycles. The molecule has 6 heteroatoms. The number of hydrogen-bond acceptors (Lipinski definition) is 2. The summed E-state index contributed by atoms with van der Waals surface area (Å²) in [6.45, 7) is 0. The molecule has 0 aromatic heterocycles. The van der Waals surface area contributed by atoms with E-state index in [1.54, 1.807) is 0 Å². The van der Waals surface area contributed by atoms with Crippen molar-refractivity contribution >= 4 is 5.91 Å². The first-order valence-corrected chi connectivity index (χ1v) is 7.99. The molecule has 21 heavy (non-hydrogen) atoms. The maximum Gasteiger partial charge on any atom is 0.408 e. The van der Waals surface area contributed by atoms with Crippen molar-refractivity contribution in [1.29, 1.82) is 0 Å². The van der Waals surface area contributed by atoms with Gasteiger partial charge in [-0.2, -0.15) is 13.2 Å². The van der Waals surface area contributed by atoms with Crippen LogP contribution in [0.4, 0.5) is 13.2 Å². The van der Waals surface area contributed by atoms with Crippen molar-refractivity contribution < 1.29 is 18.0 Å². The highest BCUT2D eigenvalue weighted by atomic mass is 19.4. The summed E-state index contributed by atoms with van der Waals surface area (Å²) in [5.41, 5.74) is 5.88. The van der Waals surface area contributed by atoms with E-state index < -0.39 is 24.0 Å². The zero-order chi connectivity index (χ0) is 15.5. The number of alkyl halides is 3. The third kappa shape index (κ3) is 4.59. The fourth-order valence-electron chi connectivity index (χ4n) is 3.72. The highest BCUT2D eigenvalue weighted by molar-refractivity contribution is 5.76. The Labute approximate surface area is 123 Å². The Balaban J connectivity index is 1.92. The van der Waals surface area contributed by atoms with Gasteiger partial charge in [0.15, 0.2) is 0 Å². The highest BCUT2D eigenvalue weighted by Crippen LogP contribution is 2.35. The monoisotopic (exact) mass is 306 g/mol. The molecule has 1 unspecified atom stereocenters. The summed E-state index contributed by atoms with van der Waals surface area (Å²) >= 11 is 0. The van der Waals surface area contributed by atoms with Crippen LogP contribution in [0.5, 0.6) is 0 Å². The van der Waals surface area contributed by atoms with E-state index in [1.165, 1.54) is 0 Å². The van der Waals surface area contributed by atoms with Crippen LogP contribution in [0, 0.1) is 11.8 Å². The van der Waals surface area contributed by atoms with Gasteiger partial charge < -0.3 is 11.1 Å². The Bertz CT molecular complexity index is 353. The molecule has 0 aromatic rings. The third-order valence-corrected chi connectivity index (χ3v) is 4.96. The molecule has 0 spiro atoms. The van der Waals surface area contributed by atoms with Crippen LogP contribution in [0.1, 0.15) is 57.8 Å². The van der Waals surface area contributed by atoms with Gasteiger partial charge >= 0.3 is 6.18 Å². The fraction of sp³-hybridized carbons (Fsp3) is 0.933. The van der Waals surface area contributed by atoms with Gasteiger partial charge in [0.2, 0.25) is 5.91 Å². The Morgan fingerprint density at radius 2 is 1.76 bits per heavy atom. The van der Waals surface area contributed by atoms with E-state index in [-0.39, 0.29) is 18.4 Å². The number of rotatable bonds is 4. The number of amides is 1.